The third kappa shape index (κ3) is 2.05. The van der Waals surface area contributed by atoms with Gasteiger partial charge in [-0.25, -0.2) is 4.39 Å². The summed E-state index contributed by atoms with van der Waals surface area (Å²) in [4.78, 5) is 0. The van der Waals surface area contributed by atoms with Crippen molar-refractivity contribution in [1.29, 1.82) is 0 Å². The van der Waals surface area contributed by atoms with Crippen molar-refractivity contribution < 1.29 is 4.39 Å². The molecule has 1 aromatic carbocycles. The molecule has 0 bridgehead atoms. The van der Waals surface area contributed by atoms with E-state index in [-0.39, 0.29) is 0 Å². The second-order valence-corrected chi connectivity index (χ2v) is 3.64. The minimum absolute atomic E-state index is 0.514. The summed E-state index contributed by atoms with van der Waals surface area (Å²) in [6.45, 7) is 1.46. The van der Waals surface area contributed by atoms with Crippen LogP contribution < -0.4 is 5.73 Å². The number of benzene rings is 1. The number of nitrogens with two attached hydrogens (primary N) is 1. The van der Waals surface area contributed by atoms with Gasteiger partial charge in [0, 0.05) is 4.47 Å². The van der Waals surface area contributed by atoms with Gasteiger partial charge in [-0.05, 0) is 24.1 Å². The Bertz CT molecular complexity index is 275. The number of alkyl halides is 1. The van der Waals surface area contributed by atoms with Gasteiger partial charge in [-0.2, -0.15) is 0 Å². The van der Waals surface area contributed by atoms with Crippen molar-refractivity contribution in [3.05, 3.63) is 33.8 Å². The largest absolute Gasteiger partial charge is 0.322 e. The Morgan fingerprint density at radius 1 is 1.58 bits per heavy atom. The molecule has 0 aromatic heterocycles. The zero-order valence-corrected chi connectivity index (χ0v) is 8.44. The highest BCUT2D eigenvalue weighted by atomic mass is 79.9. The fourth-order valence-corrected chi connectivity index (χ4v) is 1.80. The van der Waals surface area contributed by atoms with E-state index in [1.165, 1.54) is 0 Å². The van der Waals surface area contributed by atoms with Crippen LogP contribution in [0, 0.1) is 6.92 Å². The molecule has 0 aliphatic rings. The molecular formula is C9H11BrFN. The van der Waals surface area contributed by atoms with Crippen molar-refractivity contribution >= 4 is 15.9 Å². The van der Waals surface area contributed by atoms with Crippen LogP contribution in [0.5, 0.6) is 0 Å². The number of hydrogen-bond acceptors (Lipinski definition) is 1. The molecule has 0 aliphatic carbocycles. The molecule has 66 valence electrons. The lowest BCUT2D eigenvalue weighted by molar-refractivity contribution is 0.436. The summed E-state index contributed by atoms with van der Waals surface area (Å²) >= 11 is 3.34. The Kier molecular flexibility index (Phi) is 3.23. The third-order valence-electron chi connectivity index (χ3n) is 1.72. The molecule has 1 atom stereocenters. The van der Waals surface area contributed by atoms with Gasteiger partial charge < -0.3 is 5.73 Å². The molecule has 0 radical (unpaired) electrons. The van der Waals surface area contributed by atoms with Crippen LogP contribution in [0.15, 0.2) is 22.7 Å². The number of halogens is 2. The maximum Gasteiger partial charge on any atom is 0.109 e. The summed E-state index contributed by atoms with van der Waals surface area (Å²) in [7, 11) is 0. The van der Waals surface area contributed by atoms with Crippen LogP contribution >= 0.6 is 15.9 Å². The Hall–Kier alpha value is -0.410. The van der Waals surface area contributed by atoms with Crippen molar-refractivity contribution in [3.63, 3.8) is 0 Å². The molecule has 0 fully saturated rings. The molecule has 0 saturated heterocycles. The summed E-state index contributed by atoms with van der Waals surface area (Å²) in [6.07, 6.45) is 0. The molecule has 0 aliphatic heterocycles. The summed E-state index contributed by atoms with van der Waals surface area (Å²) in [5, 5.41) is 0. The van der Waals surface area contributed by atoms with Gasteiger partial charge in [0.05, 0.1) is 6.04 Å². The van der Waals surface area contributed by atoms with Gasteiger partial charge in [-0.15, -0.1) is 0 Å². The molecule has 1 aromatic rings. The van der Waals surface area contributed by atoms with Crippen molar-refractivity contribution in [1.82, 2.24) is 0 Å². The summed E-state index contributed by atoms with van der Waals surface area (Å²) in [5.74, 6) is 0. The number of aryl methyl sites for hydroxylation is 1. The van der Waals surface area contributed by atoms with Crippen LogP contribution in [0.4, 0.5) is 4.39 Å². The predicted molar refractivity (Wildman–Crippen MR) is 51.8 cm³/mol. The first-order valence-corrected chi connectivity index (χ1v) is 4.52. The first-order chi connectivity index (χ1) is 5.65. The monoisotopic (exact) mass is 231 g/mol. The molecule has 0 amide bonds. The highest BCUT2D eigenvalue weighted by molar-refractivity contribution is 9.10. The van der Waals surface area contributed by atoms with Crippen LogP contribution in [0.2, 0.25) is 0 Å². The second kappa shape index (κ2) is 4.01. The molecule has 0 spiro atoms. The third-order valence-corrected chi connectivity index (χ3v) is 2.41. The standard InChI is InChI=1S/C9H11BrFN/c1-6-2-3-7(8(10)4-6)9(12)5-11/h2-4,9H,5,12H2,1H3/t9-/m1/s1. The topological polar surface area (TPSA) is 26.0 Å². The van der Waals surface area contributed by atoms with E-state index in [1.54, 1.807) is 0 Å². The smallest absolute Gasteiger partial charge is 0.109 e. The Balaban J connectivity index is 3.01. The fraction of sp³-hybridized carbons (Fsp3) is 0.333. The van der Waals surface area contributed by atoms with Gasteiger partial charge in [0.2, 0.25) is 0 Å². The Morgan fingerprint density at radius 2 is 2.25 bits per heavy atom. The maximum absolute atomic E-state index is 12.2. The minimum atomic E-state index is -0.526. The second-order valence-electron chi connectivity index (χ2n) is 2.79. The van der Waals surface area contributed by atoms with Gasteiger partial charge in [0.1, 0.15) is 6.67 Å². The van der Waals surface area contributed by atoms with Crippen molar-refractivity contribution in [2.45, 2.75) is 13.0 Å². The Labute approximate surface area is 79.9 Å². The number of rotatable bonds is 2. The van der Waals surface area contributed by atoms with Gasteiger partial charge in [0.15, 0.2) is 0 Å². The molecule has 3 heteroatoms. The molecule has 1 rings (SSSR count). The lowest BCUT2D eigenvalue weighted by atomic mass is 10.1. The first-order valence-electron chi connectivity index (χ1n) is 3.72. The van der Waals surface area contributed by atoms with E-state index in [4.69, 9.17) is 5.73 Å². The summed E-state index contributed by atoms with van der Waals surface area (Å²) in [6, 6.07) is 5.20. The molecule has 0 unspecified atom stereocenters. The lowest BCUT2D eigenvalue weighted by Gasteiger charge is -2.09. The zero-order valence-electron chi connectivity index (χ0n) is 6.85. The number of hydrogen-bond donors (Lipinski definition) is 1. The van der Waals surface area contributed by atoms with Crippen LogP contribution in [0.25, 0.3) is 0 Å². The van der Waals surface area contributed by atoms with Gasteiger partial charge in [-0.3, -0.25) is 0 Å². The van der Waals surface area contributed by atoms with Crippen LogP contribution in [-0.2, 0) is 0 Å². The molecular weight excluding hydrogens is 221 g/mol. The maximum atomic E-state index is 12.2. The highest BCUT2D eigenvalue weighted by Gasteiger charge is 2.08. The quantitative estimate of drug-likeness (QED) is 0.833. The predicted octanol–water partition coefficient (Wildman–Crippen LogP) is 2.73. The van der Waals surface area contributed by atoms with E-state index in [1.807, 2.05) is 25.1 Å². The van der Waals surface area contributed by atoms with Gasteiger partial charge >= 0.3 is 0 Å². The highest BCUT2D eigenvalue weighted by Crippen LogP contribution is 2.23. The average molecular weight is 232 g/mol. The molecule has 0 heterocycles. The van der Waals surface area contributed by atoms with E-state index in [2.05, 4.69) is 15.9 Å². The van der Waals surface area contributed by atoms with Crippen molar-refractivity contribution in [2.24, 2.45) is 5.73 Å². The van der Waals surface area contributed by atoms with E-state index < -0.39 is 12.7 Å². The van der Waals surface area contributed by atoms with Crippen molar-refractivity contribution in [2.75, 3.05) is 6.67 Å². The minimum Gasteiger partial charge on any atom is -0.322 e. The van der Waals surface area contributed by atoms with E-state index in [0.29, 0.717) is 0 Å². The van der Waals surface area contributed by atoms with Gasteiger partial charge in [0.25, 0.3) is 0 Å². The average Bonchev–Trinajstić information content (AvgIpc) is 2.03. The summed E-state index contributed by atoms with van der Waals surface area (Å²) < 4.78 is 13.1. The molecule has 2 N–H and O–H groups in total. The SMILES string of the molecule is Cc1ccc([C@H](N)CF)c(Br)c1. The van der Waals surface area contributed by atoms with E-state index in [9.17, 15) is 4.39 Å². The van der Waals surface area contributed by atoms with Gasteiger partial charge in [-0.1, -0.05) is 28.1 Å². The van der Waals surface area contributed by atoms with Crippen molar-refractivity contribution in [3.8, 4) is 0 Å². The summed E-state index contributed by atoms with van der Waals surface area (Å²) in [5.41, 5.74) is 7.50. The normalized spacial score (nSPS) is 13.0. The van der Waals surface area contributed by atoms with Crippen LogP contribution in [0.3, 0.4) is 0 Å². The first kappa shape index (κ1) is 9.68. The van der Waals surface area contributed by atoms with Crippen LogP contribution in [0.1, 0.15) is 17.2 Å². The van der Waals surface area contributed by atoms with Crippen LogP contribution in [-0.4, -0.2) is 6.67 Å². The molecule has 12 heavy (non-hydrogen) atoms. The lowest BCUT2D eigenvalue weighted by Crippen LogP contribution is -2.12. The van der Waals surface area contributed by atoms with E-state index >= 15 is 0 Å². The van der Waals surface area contributed by atoms with E-state index in [0.717, 1.165) is 15.6 Å². The zero-order chi connectivity index (χ0) is 9.14. The Morgan fingerprint density at radius 3 is 2.75 bits per heavy atom. The fourth-order valence-electron chi connectivity index (χ4n) is 1.02. The molecule has 0 saturated carbocycles. The molecule has 1 nitrogen and oxygen atoms in total.